The zero-order valence-electron chi connectivity index (χ0n) is 24.0. The van der Waals surface area contributed by atoms with Crippen LogP contribution in [0.5, 0.6) is 0 Å². The lowest BCUT2D eigenvalue weighted by molar-refractivity contribution is -0.137. The average molecular weight is 571 g/mol. The summed E-state index contributed by atoms with van der Waals surface area (Å²) in [7, 11) is -2.87. The third-order valence-electron chi connectivity index (χ3n) is 6.75. The number of esters is 1. The van der Waals surface area contributed by atoms with Crippen LogP contribution in [0, 0.1) is 0 Å². The fourth-order valence-corrected chi connectivity index (χ4v) is 7.59. The summed E-state index contributed by atoms with van der Waals surface area (Å²) >= 11 is 0. The molecule has 1 N–H and O–H groups in total. The van der Waals surface area contributed by atoms with E-state index in [9.17, 15) is 14.4 Å². The first-order valence-electron chi connectivity index (χ1n) is 14.3. The molecule has 0 fully saturated rings. The number of rotatable bonds is 19. The van der Waals surface area contributed by atoms with Crippen LogP contribution in [0.1, 0.15) is 73.6 Å². The molecule has 40 heavy (non-hydrogen) atoms. The fraction of sp³-hybridized carbons (Fsp3) is 0.500. The van der Waals surface area contributed by atoms with Crippen LogP contribution >= 0.6 is 0 Å². The molecule has 2 aromatic carbocycles. The van der Waals surface area contributed by atoms with Gasteiger partial charge in [-0.15, -0.1) is 0 Å². The second-order valence-corrected chi connectivity index (χ2v) is 12.2. The number of anilines is 1. The predicted octanol–water partition coefficient (Wildman–Crippen LogP) is 5.58. The first-order valence-corrected chi connectivity index (χ1v) is 16.2. The van der Waals surface area contributed by atoms with Gasteiger partial charge in [0.15, 0.2) is 0 Å². The molecule has 2 amide bonds. The Morgan fingerprint density at radius 1 is 0.900 bits per heavy atom. The lowest BCUT2D eigenvalue weighted by Gasteiger charge is -2.31. The van der Waals surface area contributed by atoms with Crippen molar-refractivity contribution in [3.8, 4) is 0 Å². The number of carbonyl (C=O) groups excluding carboxylic acids is 3. The summed E-state index contributed by atoms with van der Waals surface area (Å²) in [6.07, 6.45) is 5.41. The average Bonchev–Trinajstić information content (AvgIpc) is 2.95. The van der Waals surface area contributed by atoms with E-state index in [1.165, 1.54) is 11.0 Å². The number of hydrogen-bond donors (Lipinski definition) is 1. The zero-order valence-corrected chi connectivity index (χ0v) is 25.0. The Balaban J connectivity index is 1.63. The van der Waals surface area contributed by atoms with Crippen molar-refractivity contribution in [3.05, 3.63) is 54.1 Å². The number of nitrogens with one attached hydrogen (secondary N) is 1. The highest BCUT2D eigenvalue weighted by molar-refractivity contribution is 6.60. The smallest absolute Gasteiger partial charge is 0.463 e. The normalized spacial score (nSPS) is 13.1. The molecule has 218 valence electrons. The number of carbonyl (C=O) groups is 3. The largest absolute Gasteiger partial charge is 0.500 e. The minimum absolute atomic E-state index is 0.266. The summed E-state index contributed by atoms with van der Waals surface area (Å²) in [6, 6.07) is 9.85. The quantitative estimate of drug-likeness (QED) is 0.0768. The van der Waals surface area contributed by atoms with Crippen LogP contribution < -0.4 is 5.32 Å². The van der Waals surface area contributed by atoms with Gasteiger partial charge >= 0.3 is 14.8 Å². The molecule has 0 atom stereocenters. The molecule has 0 spiro atoms. The van der Waals surface area contributed by atoms with Crippen LogP contribution in [-0.4, -0.2) is 71.0 Å². The van der Waals surface area contributed by atoms with Gasteiger partial charge in [-0.1, -0.05) is 25.1 Å². The van der Waals surface area contributed by atoms with Crippen molar-refractivity contribution in [2.45, 2.75) is 58.9 Å². The van der Waals surface area contributed by atoms with Crippen molar-refractivity contribution in [1.29, 1.82) is 0 Å². The SMILES string of the molecule is C=CC(=O)OCCCCCCNc1ccc2c3c(cccc13)C(=O)N(CCC[Si](OCC)(OCC)OCC)C2=O. The maximum atomic E-state index is 13.5. The van der Waals surface area contributed by atoms with Gasteiger partial charge in [-0.2, -0.15) is 0 Å². The van der Waals surface area contributed by atoms with E-state index in [1.54, 1.807) is 6.07 Å². The summed E-state index contributed by atoms with van der Waals surface area (Å²) in [5, 5.41) is 5.03. The van der Waals surface area contributed by atoms with E-state index < -0.39 is 14.8 Å². The van der Waals surface area contributed by atoms with Gasteiger partial charge in [0.25, 0.3) is 11.8 Å². The molecule has 3 rings (SSSR count). The number of unbranched alkanes of at least 4 members (excludes halogenated alkanes) is 3. The monoisotopic (exact) mass is 570 g/mol. The Bertz CT molecular complexity index is 1150. The van der Waals surface area contributed by atoms with E-state index in [4.69, 9.17) is 18.0 Å². The van der Waals surface area contributed by atoms with Gasteiger partial charge in [0.2, 0.25) is 0 Å². The van der Waals surface area contributed by atoms with E-state index in [0.29, 0.717) is 55.4 Å². The molecule has 2 aromatic rings. The van der Waals surface area contributed by atoms with E-state index in [1.807, 2.05) is 45.0 Å². The molecule has 1 aliphatic heterocycles. The third-order valence-corrected chi connectivity index (χ3v) is 9.90. The second-order valence-electron chi connectivity index (χ2n) is 9.45. The number of hydrogen-bond acceptors (Lipinski definition) is 8. The predicted molar refractivity (Wildman–Crippen MR) is 157 cm³/mol. The van der Waals surface area contributed by atoms with Gasteiger partial charge in [0.05, 0.1) is 6.61 Å². The molecule has 0 saturated heterocycles. The van der Waals surface area contributed by atoms with Crippen molar-refractivity contribution in [2.24, 2.45) is 0 Å². The van der Waals surface area contributed by atoms with Crippen LogP contribution in [0.2, 0.25) is 6.04 Å². The lowest BCUT2D eigenvalue weighted by Crippen LogP contribution is -2.47. The van der Waals surface area contributed by atoms with Crippen LogP contribution in [0.15, 0.2) is 43.0 Å². The molecule has 0 unspecified atom stereocenters. The highest BCUT2D eigenvalue weighted by Gasteiger charge is 2.41. The van der Waals surface area contributed by atoms with E-state index in [0.717, 1.165) is 43.3 Å². The van der Waals surface area contributed by atoms with E-state index >= 15 is 0 Å². The lowest BCUT2D eigenvalue weighted by atomic mass is 9.93. The van der Waals surface area contributed by atoms with Crippen molar-refractivity contribution >= 4 is 43.0 Å². The molecule has 0 radical (unpaired) electrons. The maximum absolute atomic E-state index is 13.5. The third kappa shape index (κ3) is 7.78. The Kier molecular flexibility index (Phi) is 12.3. The van der Waals surface area contributed by atoms with Gasteiger partial charge in [-0.25, -0.2) is 4.79 Å². The zero-order chi connectivity index (χ0) is 29.0. The molecule has 1 aliphatic rings. The molecular weight excluding hydrogens is 528 g/mol. The van der Waals surface area contributed by atoms with E-state index in [-0.39, 0.29) is 18.4 Å². The Morgan fingerprint density at radius 2 is 1.55 bits per heavy atom. The standard InChI is InChI=1S/C30H42N2O7Si/c1-5-27(33)36-21-12-10-9-11-19-31-26-18-17-25-28-23(26)15-13-16-24(28)29(34)32(30(25)35)20-14-22-40(37-6-2,38-7-3)39-8-4/h5,13,15-18,31H,1,6-12,14,19-22H2,2-4H3. The van der Waals surface area contributed by atoms with Gasteiger partial charge < -0.3 is 23.3 Å². The van der Waals surface area contributed by atoms with Crippen molar-refractivity contribution in [1.82, 2.24) is 4.90 Å². The van der Waals surface area contributed by atoms with Gasteiger partial charge in [-0.3, -0.25) is 14.5 Å². The highest BCUT2D eigenvalue weighted by atomic mass is 28.4. The first-order chi connectivity index (χ1) is 19.4. The summed E-state index contributed by atoms with van der Waals surface area (Å²) < 4.78 is 22.8. The van der Waals surface area contributed by atoms with E-state index in [2.05, 4.69) is 11.9 Å². The molecule has 9 nitrogen and oxygen atoms in total. The molecule has 1 heterocycles. The van der Waals surface area contributed by atoms with Crippen molar-refractivity contribution in [3.63, 3.8) is 0 Å². The molecule has 0 bridgehead atoms. The van der Waals surface area contributed by atoms with Gasteiger partial charge in [0, 0.05) is 72.6 Å². The minimum atomic E-state index is -2.87. The summed E-state index contributed by atoms with van der Waals surface area (Å²) in [4.78, 5) is 39.4. The maximum Gasteiger partial charge on any atom is 0.500 e. The topological polar surface area (TPSA) is 103 Å². The Hall–Kier alpha value is -3.05. The molecule has 10 heteroatoms. The van der Waals surface area contributed by atoms with Gasteiger partial charge in [-0.05, 0) is 64.7 Å². The molecular formula is C30H42N2O7Si. The number of imide groups is 1. The van der Waals surface area contributed by atoms with Crippen molar-refractivity contribution < 1.29 is 32.4 Å². The first kappa shape index (κ1) is 31.5. The number of nitrogens with zero attached hydrogens (tertiary/aromatic N) is 1. The van der Waals surface area contributed by atoms with Crippen LogP contribution in [0.25, 0.3) is 10.8 Å². The molecule has 0 saturated carbocycles. The van der Waals surface area contributed by atoms with Crippen LogP contribution in [-0.2, 0) is 22.8 Å². The highest BCUT2D eigenvalue weighted by Crippen LogP contribution is 2.35. The summed E-state index contributed by atoms with van der Waals surface area (Å²) in [6.45, 7) is 12.0. The summed E-state index contributed by atoms with van der Waals surface area (Å²) in [5.41, 5.74) is 1.97. The number of amides is 2. The number of ether oxygens (including phenoxy) is 1. The number of benzene rings is 2. The van der Waals surface area contributed by atoms with Crippen LogP contribution in [0.3, 0.4) is 0 Å². The Morgan fingerprint density at radius 3 is 2.20 bits per heavy atom. The van der Waals surface area contributed by atoms with Crippen molar-refractivity contribution in [2.75, 3.05) is 44.8 Å². The molecule has 0 aliphatic carbocycles. The van der Waals surface area contributed by atoms with Crippen LogP contribution in [0.4, 0.5) is 5.69 Å². The fourth-order valence-electron chi connectivity index (χ4n) is 4.99. The minimum Gasteiger partial charge on any atom is -0.463 e. The Labute approximate surface area is 238 Å². The summed E-state index contributed by atoms with van der Waals surface area (Å²) in [5.74, 6) is -0.958. The van der Waals surface area contributed by atoms with Gasteiger partial charge in [0.1, 0.15) is 0 Å². The molecule has 0 aromatic heterocycles. The second kappa shape index (κ2) is 15.7.